The number of ketones is 2. The Kier molecular flexibility index (Phi) is 6.14. The van der Waals surface area contributed by atoms with E-state index in [4.69, 9.17) is 9.47 Å². The number of Topliss-reactive ketones (excluding diaryl/α,β-unsaturated/α-hetero) is 1. The lowest BCUT2D eigenvalue weighted by molar-refractivity contribution is -0.140. The van der Waals surface area contributed by atoms with Gasteiger partial charge in [-0.25, -0.2) is 0 Å². The monoisotopic (exact) mass is 555 g/mol. The normalized spacial score (nSPS) is 27.4. The summed E-state index contributed by atoms with van der Waals surface area (Å²) < 4.78 is 11.4. The van der Waals surface area contributed by atoms with E-state index in [9.17, 15) is 24.3 Å². The zero-order valence-electron chi connectivity index (χ0n) is 20.2. The molecule has 1 saturated heterocycles. The van der Waals surface area contributed by atoms with Crippen LogP contribution in [0.3, 0.4) is 0 Å². The van der Waals surface area contributed by atoms with E-state index in [0.29, 0.717) is 47.6 Å². The number of likely N-dealkylation sites (tertiary alicyclic amines) is 1. The molecular formula is C27H26BrNO7. The van der Waals surface area contributed by atoms with Crippen LogP contribution in [0, 0.1) is 17.8 Å². The highest BCUT2D eigenvalue weighted by Crippen LogP contribution is 2.58. The molecule has 1 N–H and O–H groups in total. The maximum absolute atomic E-state index is 13.5. The molecule has 4 aliphatic rings. The first-order chi connectivity index (χ1) is 17.2. The summed E-state index contributed by atoms with van der Waals surface area (Å²) in [6.45, 7) is 2.27. The molecule has 1 aromatic carbocycles. The van der Waals surface area contributed by atoms with E-state index >= 15 is 0 Å². The van der Waals surface area contributed by atoms with Gasteiger partial charge in [0.1, 0.15) is 17.2 Å². The van der Waals surface area contributed by atoms with Gasteiger partial charge in [0.2, 0.25) is 11.8 Å². The van der Waals surface area contributed by atoms with E-state index < -0.39 is 23.7 Å². The molecule has 1 heterocycles. The van der Waals surface area contributed by atoms with Crippen LogP contribution in [0.4, 0.5) is 0 Å². The van der Waals surface area contributed by atoms with Crippen LogP contribution in [0.2, 0.25) is 0 Å². The third kappa shape index (κ3) is 3.47. The lowest BCUT2D eigenvalue weighted by atomic mass is 9.59. The minimum Gasteiger partial charge on any atom is -0.508 e. The van der Waals surface area contributed by atoms with E-state index in [2.05, 4.69) is 15.9 Å². The highest BCUT2D eigenvalue weighted by Gasteiger charge is 2.56. The number of phenolic OH excluding ortho intramolecular Hbond substituents is 1. The summed E-state index contributed by atoms with van der Waals surface area (Å²) in [5, 5.41) is 10.2. The van der Waals surface area contributed by atoms with Crippen molar-refractivity contribution < 1.29 is 33.8 Å². The molecule has 36 heavy (non-hydrogen) atoms. The van der Waals surface area contributed by atoms with Crippen molar-refractivity contribution in [3.05, 3.63) is 51.0 Å². The number of nitrogens with zero attached hydrogens (tertiary/aromatic N) is 1. The molecule has 4 unspecified atom stereocenters. The standard InChI is InChI=1S/C27H26BrNO7/c1-4-7-29-26(33)14-6-5-13-15(21(14)27(29)34)10-16-22(18(31)11-17(28)25(16)32)23(13)24-19(35-2)8-12(30)9-20(24)36-3/h5,8-9,11,14-15,21,23,30H,4,6-7,10H2,1-3H3. The van der Waals surface area contributed by atoms with E-state index in [1.165, 1.54) is 37.3 Å². The number of carbonyl (C=O) groups is 4. The number of hydrogen-bond donors (Lipinski definition) is 1. The molecule has 4 atom stereocenters. The van der Waals surface area contributed by atoms with Crippen LogP contribution in [0.15, 0.2) is 45.5 Å². The maximum atomic E-state index is 13.5. The predicted octanol–water partition coefficient (Wildman–Crippen LogP) is 3.58. The van der Waals surface area contributed by atoms with Gasteiger partial charge in [0.25, 0.3) is 0 Å². The highest BCUT2D eigenvalue weighted by molar-refractivity contribution is 9.12. The molecule has 188 valence electrons. The third-order valence-electron chi connectivity index (χ3n) is 7.69. The highest BCUT2D eigenvalue weighted by atomic mass is 79.9. The molecule has 0 spiro atoms. The van der Waals surface area contributed by atoms with E-state index in [-0.39, 0.29) is 40.0 Å². The molecule has 1 aliphatic heterocycles. The molecule has 0 bridgehead atoms. The average Bonchev–Trinajstić information content (AvgIpc) is 3.10. The van der Waals surface area contributed by atoms with Gasteiger partial charge >= 0.3 is 0 Å². The molecule has 0 saturated carbocycles. The minimum absolute atomic E-state index is 0.0767. The van der Waals surface area contributed by atoms with Gasteiger partial charge in [-0.05, 0) is 41.1 Å². The summed E-state index contributed by atoms with van der Waals surface area (Å²) in [5.41, 5.74) is 1.93. The number of fused-ring (bicyclic) bond motifs is 3. The molecule has 1 aromatic rings. The molecule has 0 radical (unpaired) electrons. The summed E-state index contributed by atoms with van der Waals surface area (Å²) in [5.74, 6) is -2.79. The second-order valence-electron chi connectivity index (χ2n) is 9.49. The third-order valence-corrected chi connectivity index (χ3v) is 8.28. The van der Waals surface area contributed by atoms with Gasteiger partial charge in [0.05, 0.1) is 30.5 Å². The number of allylic oxidation sites excluding steroid dienone is 6. The number of methoxy groups -OCH3 is 2. The summed E-state index contributed by atoms with van der Waals surface area (Å²) in [4.78, 5) is 54.7. The number of halogens is 1. The topological polar surface area (TPSA) is 110 Å². The molecule has 1 fully saturated rings. The molecule has 2 amide bonds. The second kappa shape index (κ2) is 9.03. The minimum atomic E-state index is -0.735. The first-order valence-corrected chi connectivity index (χ1v) is 12.7. The number of amides is 2. The second-order valence-corrected chi connectivity index (χ2v) is 10.3. The van der Waals surface area contributed by atoms with Gasteiger partial charge in [-0.1, -0.05) is 18.6 Å². The first kappa shape index (κ1) is 24.5. The Morgan fingerprint density at radius 1 is 1.06 bits per heavy atom. The number of hydrogen-bond acceptors (Lipinski definition) is 7. The van der Waals surface area contributed by atoms with Gasteiger partial charge in [-0.2, -0.15) is 0 Å². The summed E-state index contributed by atoms with van der Waals surface area (Å²) in [7, 11) is 2.90. The molecular weight excluding hydrogens is 530 g/mol. The van der Waals surface area contributed by atoms with E-state index in [1.54, 1.807) is 0 Å². The van der Waals surface area contributed by atoms with Crippen LogP contribution >= 0.6 is 15.9 Å². The SMILES string of the molecule is CCCN1C(=O)C2CC=C3C(c4c(OC)cc(O)cc4OC)C4=C(CC3C2C1=O)C(=O)C(Br)=CC4=O. The lowest BCUT2D eigenvalue weighted by Gasteiger charge is -2.42. The van der Waals surface area contributed by atoms with Crippen molar-refractivity contribution in [2.75, 3.05) is 20.8 Å². The summed E-state index contributed by atoms with van der Waals surface area (Å²) in [6.07, 6.45) is 4.43. The fourth-order valence-corrected chi connectivity index (χ4v) is 6.70. The number of rotatable bonds is 5. The van der Waals surface area contributed by atoms with Crippen molar-refractivity contribution in [3.8, 4) is 17.2 Å². The van der Waals surface area contributed by atoms with Crippen LogP contribution in [-0.2, 0) is 19.2 Å². The van der Waals surface area contributed by atoms with Crippen molar-refractivity contribution >= 4 is 39.3 Å². The maximum Gasteiger partial charge on any atom is 0.233 e. The molecule has 5 rings (SSSR count). The largest absolute Gasteiger partial charge is 0.508 e. The number of ether oxygens (including phenoxy) is 2. The quantitative estimate of drug-likeness (QED) is 0.336. The van der Waals surface area contributed by atoms with E-state index in [1.807, 2.05) is 13.0 Å². The first-order valence-electron chi connectivity index (χ1n) is 11.9. The molecule has 0 aromatic heterocycles. The summed E-state index contributed by atoms with van der Waals surface area (Å²) in [6, 6.07) is 2.87. The Balaban J connectivity index is 1.75. The number of benzene rings is 1. The average molecular weight is 556 g/mol. The van der Waals surface area contributed by atoms with Crippen LogP contribution < -0.4 is 9.47 Å². The number of aromatic hydroxyl groups is 1. The van der Waals surface area contributed by atoms with Crippen molar-refractivity contribution in [1.82, 2.24) is 4.90 Å². The Hall–Kier alpha value is -3.20. The van der Waals surface area contributed by atoms with Crippen molar-refractivity contribution in [2.24, 2.45) is 17.8 Å². The Bertz CT molecular complexity index is 1280. The van der Waals surface area contributed by atoms with Crippen LogP contribution in [0.1, 0.15) is 37.7 Å². The smallest absolute Gasteiger partial charge is 0.233 e. The van der Waals surface area contributed by atoms with Crippen molar-refractivity contribution in [1.29, 1.82) is 0 Å². The summed E-state index contributed by atoms with van der Waals surface area (Å²) >= 11 is 3.22. The molecule has 3 aliphatic carbocycles. The Morgan fingerprint density at radius 2 is 1.72 bits per heavy atom. The van der Waals surface area contributed by atoms with Gasteiger partial charge in [0.15, 0.2) is 11.6 Å². The van der Waals surface area contributed by atoms with Gasteiger partial charge < -0.3 is 14.6 Å². The Morgan fingerprint density at radius 3 is 2.33 bits per heavy atom. The fourth-order valence-electron chi connectivity index (χ4n) is 6.26. The van der Waals surface area contributed by atoms with E-state index in [0.717, 1.165) is 5.57 Å². The van der Waals surface area contributed by atoms with Gasteiger partial charge in [0, 0.05) is 47.4 Å². The zero-order chi connectivity index (χ0) is 25.9. The van der Waals surface area contributed by atoms with Crippen molar-refractivity contribution in [3.63, 3.8) is 0 Å². The lowest BCUT2D eigenvalue weighted by Crippen LogP contribution is -2.39. The Labute approximate surface area is 216 Å². The van der Waals surface area contributed by atoms with Crippen LogP contribution in [0.25, 0.3) is 0 Å². The van der Waals surface area contributed by atoms with Crippen LogP contribution in [-0.4, -0.2) is 54.2 Å². The van der Waals surface area contributed by atoms with Gasteiger partial charge in [-0.3, -0.25) is 24.1 Å². The molecule has 9 heteroatoms. The zero-order valence-corrected chi connectivity index (χ0v) is 21.8. The number of carbonyl (C=O) groups excluding carboxylic acids is 4. The number of phenols is 1. The number of imide groups is 1. The van der Waals surface area contributed by atoms with Gasteiger partial charge in [-0.15, -0.1) is 0 Å². The predicted molar refractivity (Wildman–Crippen MR) is 133 cm³/mol. The van der Waals surface area contributed by atoms with Crippen molar-refractivity contribution in [2.45, 2.75) is 32.1 Å². The fraction of sp³-hybridized carbons (Fsp3) is 0.407. The molecule has 8 nitrogen and oxygen atoms in total. The van der Waals surface area contributed by atoms with Crippen LogP contribution in [0.5, 0.6) is 17.2 Å².